The van der Waals surface area contributed by atoms with Crippen molar-refractivity contribution in [2.45, 2.75) is 57.4 Å². The largest absolute Gasteiger partial charge is 0.385 e. The monoisotopic (exact) mass is 270 g/mol. The highest BCUT2D eigenvalue weighted by Gasteiger charge is 2.33. The van der Waals surface area contributed by atoms with Crippen molar-refractivity contribution in [2.75, 3.05) is 23.3 Å². The summed E-state index contributed by atoms with van der Waals surface area (Å²) in [5.41, 5.74) is 4.40. The van der Waals surface area contributed by atoms with Crippen molar-refractivity contribution in [3.63, 3.8) is 0 Å². The van der Waals surface area contributed by atoms with E-state index in [4.69, 9.17) is 0 Å². The van der Waals surface area contributed by atoms with E-state index in [1.165, 1.54) is 74.8 Å². The maximum atomic E-state index is 3.53. The van der Waals surface area contributed by atoms with Crippen molar-refractivity contribution in [1.29, 1.82) is 0 Å². The molecule has 1 aromatic carbocycles. The molecule has 1 aromatic rings. The molecule has 0 spiro atoms. The molecule has 20 heavy (non-hydrogen) atoms. The van der Waals surface area contributed by atoms with Gasteiger partial charge in [-0.25, -0.2) is 0 Å². The highest BCUT2D eigenvalue weighted by Crippen LogP contribution is 2.38. The summed E-state index contributed by atoms with van der Waals surface area (Å²) >= 11 is 0. The topological polar surface area (TPSA) is 15.3 Å². The smallest absolute Gasteiger partial charge is 0.0374 e. The lowest BCUT2D eigenvalue weighted by Gasteiger charge is -2.45. The second kappa shape index (κ2) is 5.31. The highest BCUT2D eigenvalue weighted by atomic mass is 15.2. The summed E-state index contributed by atoms with van der Waals surface area (Å²) in [6, 6.07) is 7.97. The average Bonchev–Trinajstić information content (AvgIpc) is 2.54. The van der Waals surface area contributed by atoms with Crippen LogP contribution in [-0.2, 0) is 6.42 Å². The molecule has 3 aliphatic rings. The van der Waals surface area contributed by atoms with Gasteiger partial charge in [-0.3, -0.25) is 0 Å². The molecular formula is C18H26N2. The van der Waals surface area contributed by atoms with Gasteiger partial charge in [-0.1, -0.05) is 12.8 Å². The standard InChI is InChI=1S/C18H26N2/c1-2-8-18-14(5-1)7-4-12-20(18)16-9-10-17-15(13-16)6-3-11-19-17/h9-10,13-14,18-19H,1-8,11-12H2/t14-,18-/m1/s1. The zero-order valence-electron chi connectivity index (χ0n) is 12.4. The summed E-state index contributed by atoms with van der Waals surface area (Å²) in [6.07, 6.45) is 11.2. The molecule has 0 bridgehead atoms. The molecule has 4 rings (SSSR count). The van der Waals surface area contributed by atoms with Crippen molar-refractivity contribution in [1.82, 2.24) is 0 Å². The number of hydrogen-bond acceptors (Lipinski definition) is 2. The van der Waals surface area contributed by atoms with Gasteiger partial charge in [-0.15, -0.1) is 0 Å². The lowest BCUT2D eigenvalue weighted by atomic mass is 9.78. The molecule has 0 aromatic heterocycles. The molecule has 0 radical (unpaired) electrons. The van der Waals surface area contributed by atoms with Crippen LogP contribution in [0.5, 0.6) is 0 Å². The van der Waals surface area contributed by atoms with E-state index in [0.29, 0.717) is 0 Å². The lowest BCUT2D eigenvalue weighted by Crippen LogP contribution is -2.46. The number of piperidine rings is 1. The molecule has 0 unspecified atom stereocenters. The summed E-state index contributed by atoms with van der Waals surface area (Å²) < 4.78 is 0. The third-order valence-corrected chi connectivity index (χ3v) is 5.60. The SMILES string of the molecule is c1cc2c(cc1N1CCC[C@H]3CCCC[C@H]31)CCCN2. The van der Waals surface area contributed by atoms with Gasteiger partial charge in [0.15, 0.2) is 0 Å². The number of nitrogens with zero attached hydrogens (tertiary/aromatic N) is 1. The Morgan fingerprint density at radius 2 is 1.90 bits per heavy atom. The highest BCUT2D eigenvalue weighted by molar-refractivity contribution is 5.62. The van der Waals surface area contributed by atoms with Gasteiger partial charge < -0.3 is 10.2 Å². The molecule has 2 heterocycles. The van der Waals surface area contributed by atoms with E-state index < -0.39 is 0 Å². The van der Waals surface area contributed by atoms with Crippen LogP contribution in [0.2, 0.25) is 0 Å². The Balaban J connectivity index is 1.62. The second-order valence-electron chi connectivity index (χ2n) is 6.82. The third kappa shape index (κ3) is 2.19. The van der Waals surface area contributed by atoms with E-state index in [0.717, 1.165) is 18.5 Å². The summed E-state index contributed by atoms with van der Waals surface area (Å²) in [4.78, 5) is 2.74. The van der Waals surface area contributed by atoms with E-state index in [-0.39, 0.29) is 0 Å². The van der Waals surface area contributed by atoms with Crippen molar-refractivity contribution in [2.24, 2.45) is 5.92 Å². The minimum absolute atomic E-state index is 0.826. The lowest BCUT2D eigenvalue weighted by molar-refractivity contribution is 0.244. The molecule has 1 saturated carbocycles. The zero-order chi connectivity index (χ0) is 13.4. The normalized spacial score (nSPS) is 29.3. The molecule has 2 fully saturated rings. The Hall–Kier alpha value is -1.18. The molecular weight excluding hydrogens is 244 g/mol. The van der Waals surface area contributed by atoms with Crippen molar-refractivity contribution >= 4 is 11.4 Å². The van der Waals surface area contributed by atoms with Gasteiger partial charge in [0, 0.05) is 30.5 Å². The first-order valence-corrected chi connectivity index (χ1v) is 8.55. The molecule has 2 aliphatic heterocycles. The van der Waals surface area contributed by atoms with Gasteiger partial charge >= 0.3 is 0 Å². The molecule has 1 N–H and O–H groups in total. The first-order chi connectivity index (χ1) is 9.92. The average molecular weight is 270 g/mol. The van der Waals surface area contributed by atoms with E-state index in [2.05, 4.69) is 28.4 Å². The van der Waals surface area contributed by atoms with E-state index in [1.54, 1.807) is 0 Å². The molecule has 108 valence electrons. The predicted octanol–water partition coefficient (Wildman–Crippen LogP) is 4.20. The number of benzene rings is 1. The minimum atomic E-state index is 0.826. The Labute approximate surface area is 122 Å². The van der Waals surface area contributed by atoms with Crippen molar-refractivity contribution in [3.8, 4) is 0 Å². The summed E-state index contributed by atoms with van der Waals surface area (Å²) in [5, 5.41) is 3.53. The van der Waals surface area contributed by atoms with Gasteiger partial charge in [-0.05, 0) is 68.2 Å². The molecule has 2 nitrogen and oxygen atoms in total. The quantitative estimate of drug-likeness (QED) is 0.822. The number of hydrogen-bond donors (Lipinski definition) is 1. The summed E-state index contributed by atoms with van der Waals surface area (Å²) in [7, 11) is 0. The first-order valence-electron chi connectivity index (χ1n) is 8.55. The van der Waals surface area contributed by atoms with Crippen LogP contribution in [-0.4, -0.2) is 19.1 Å². The van der Waals surface area contributed by atoms with Crippen molar-refractivity contribution < 1.29 is 0 Å². The fourth-order valence-electron chi connectivity index (χ4n) is 4.59. The Bertz CT molecular complexity index is 480. The van der Waals surface area contributed by atoms with Gasteiger partial charge in [0.1, 0.15) is 0 Å². The number of fused-ring (bicyclic) bond motifs is 2. The van der Waals surface area contributed by atoms with Gasteiger partial charge in [-0.2, -0.15) is 0 Å². The minimum Gasteiger partial charge on any atom is -0.385 e. The predicted molar refractivity (Wildman–Crippen MR) is 85.6 cm³/mol. The molecule has 0 amide bonds. The zero-order valence-corrected chi connectivity index (χ0v) is 12.4. The molecule has 1 saturated heterocycles. The maximum absolute atomic E-state index is 3.53. The van der Waals surface area contributed by atoms with Crippen LogP contribution in [0.3, 0.4) is 0 Å². The van der Waals surface area contributed by atoms with Gasteiger partial charge in [0.2, 0.25) is 0 Å². The van der Waals surface area contributed by atoms with Crippen LogP contribution in [0.25, 0.3) is 0 Å². The number of rotatable bonds is 1. The number of nitrogens with one attached hydrogen (secondary N) is 1. The Morgan fingerprint density at radius 3 is 2.90 bits per heavy atom. The van der Waals surface area contributed by atoms with Crippen LogP contribution in [0.4, 0.5) is 11.4 Å². The third-order valence-electron chi connectivity index (χ3n) is 5.60. The van der Waals surface area contributed by atoms with E-state index >= 15 is 0 Å². The Morgan fingerprint density at radius 1 is 1.00 bits per heavy atom. The fourth-order valence-corrected chi connectivity index (χ4v) is 4.59. The van der Waals surface area contributed by atoms with Crippen LogP contribution >= 0.6 is 0 Å². The number of anilines is 2. The maximum Gasteiger partial charge on any atom is 0.0374 e. The van der Waals surface area contributed by atoms with Crippen LogP contribution in [0.15, 0.2) is 18.2 Å². The van der Waals surface area contributed by atoms with E-state index in [1.807, 2.05) is 0 Å². The van der Waals surface area contributed by atoms with Crippen LogP contribution < -0.4 is 10.2 Å². The first kappa shape index (κ1) is 12.6. The van der Waals surface area contributed by atoms with Crippen LogP contribution in [0, 0.1) is 5.92 Å². The molecule has 1 aliphatic carbocycles. The Kier molecular flexibility index (Phi) is 3.33. The molecule has 2 heteroatoms. The van der Waals surface area contributed by atoms with Crippen molar-refractivity contribution in [3.05, 3.63) is 23.8 Å². The number of aryl methyl sites for hydroxylation is 1. The summed E-state index contributed by atoms with van der Waals surface area (Å²) in [5.74, 6) is 0.964. The fraction of sp³-hybridized carbons (Fsp3) is 0.667. The van der Waals surface area contributed by atoms with Gasteiger partial charge in [0.05, 0.1) is 0 Å². The molecule has 2 atom stereocenters. The van der Waals surface area contributed by atoms with E-state index in [9.17, 15) is 0 Å². The second-order valence-corrected chi connectivity index (χ2v) is 6.82. The summed E-state index contributed by atoms with van der Waals surface area (Å²) in [6.45, 7) is 2.41. The van der Waals surface area contributed by atoms with Gasteiger partial charge in [0.25, 0.3) is 0 Å². The van der Waals surface area contributed by atoms with Crippen LogP contribution in [0.1, 0.15) is 50.5 Å².